The number of halogens is 3. The zero-order valence-electron chi connectivity index (χ0n) is 13.0. The minimum atomic E-state index is -4.53. The summed E-state index contributed by atoms with van der Waals surface area (Å²) in [6, 6.07) is 3.68. The number of hydrogen-bond donors (Lipinski definition) is 2. The van der Waals surface area contributed by atoms with Crippen molar-refractivity contribution in [2.24, 2.45) is 5.73 Å². The first-order chi connectivity index (χ1) is 9.91. The van der Waals surface area contributed by atoms with Crippen LogP contribution in [0.25, 0.3) is 0 Å². The van der Waals surface area contributed by atoms with Crippen molar-refractivity contribution >= 4 is 5.91 Å². The Morgan fingerprint density at radius 2 is 1.91 bits per heavy atom. The largest absolute Gasteiger partial charge is 0.491 e. The fourth-order valence-corrected chi connectivity index (χ4v) is 1.72. The predicted octanol–water partition coefficient (Wildman–Crippen LogP) is 2.85. The van der Waals surface area contributed by atoms with Crippen molar-refractivity contribution in [1.82, 2.24) is 5.32 Å². The van der Waals surface area contributed by atoms with Gasteiger partial charge < -0.3 is 15.8 Å². The normalized spacial score (nSPS) is 12.4. The van der Waals surface area contributed by atoms with E-state index in [1.807, 2.05) is 0 Å². The van der Waals surface area contributed by atoms with Crippen LogP contribution in [-0.4, -0.2) is 17.6 Å². The number of ether oxygens (including phenoxy) is 1. The predicted molar refractivity (Wildman–Crippen MR) is 77.3 cm³/mol. The lowest BCUT2D eigenvalue weighted by Gasteiger charge is -2.20. The molecule has 0 heterocycles. The fraction of sp³-hybridized carbons (Fsp3) is 0.533. The van der Waals surface area contributed by atoms with Gasteiger partial charge in [0.1, 0.15) is 5.75 Å². The van der Waals surface area contributed by atoms with Crippen LogP contribution in [0.15, 0.2) is 18.2 Å². The maximum absolute atomic E-state index is 13.1. The third-order valence-corrected chi connectivity index (χ3v) is 2.78. The molecule has 0 saturated heterocycles. The molecule has 7 heteroatoms. The van der Waals surface area contributed by atoms with Crippen molar-refractivity contribution in [3.8, 4) is 5.75 Å². The van der Waals surface area contributed by atoms with Crippen molar-refractivity contribution in [3.63, 3.8) is 0 Å². The van der Waals surface area contributed by atoms with E-state index in [2.05, 4.69) is 5.32 Å². The number of rotatable bonds is 5. The second-order valence-corrected chi connectivity index (χ2v) is 5.89. The van der Waals surface area contributed by atoms with Crippen LogP contribution < -0.4 is 15.8 Å². The number of nitrogens with one attached hydrogen (secondary N) is 1. The van der Waals surface area contributed by atoms with Crippen LogP contribution in [0.1, 0.15) is 38.8 Å². The Morgan fingerprint density at radius 3 is 2.36 bits per heavy atom. The van der Waals surface area contributed by atoms with E-state index in [9.17, 15) is 18.0 Å². The number of benzene rings is 1. The Balaban J connectivity index is 3.01. The molecule has 124 valence electrons. The van der Waals surface area contributed by atoms with Gasteiger partial charge in [-0.3, -0.25) is 4.79 Å². The molecule has 0 saturated carbocycles. The topological polar surface area (TPSA) is 64.3 Å². The summed E-state index contributed by atoms with van der Waals surface area (Å²) < 4.78 is 44.7. The van der Waals surface area contributed by atoms with Gasteiger partial charge in [-0.25, -0.2) is 0 Å². The number of alkyl halides is 3. The molecule has 0 unspecified atom stereocenters. The van der Waals surface area contributed by atoms with Crippen molar-refractivity contribution in [1.29, 1.82) is 0 Å². The molecule has 0 spiro atoms. The molecular formula is C15H21F3N2O2. The highest BCUT2D eigenvalue weighted by Gasteiger charge is 2.34. The summed E-state index contributed by atoms with van der Waals surface area (Å²) in [5, 5.41) is 2.41. The van der Waals surface area contributed by atoms with Gasteiger partial charge in [0.2, 0.25) is 5.91 Å². The van der Waals surface area contributed by atoms with Gasteiger partial charge in [0, 0.05) is 6.54 Å². The molecule has 0 aliphatic rings. The molecule has 22 heavy (non-hydrogen) atoms. The molecule has 3 N–H and O–H groups in total. The van der Waals surface area contributed by atoms with E-state index in [4.69, 9.17) is 10.5 Å². The van der Waals surface area contributed by atoms with Gasteiger partial charge >= 0.3 is 6.18 Å². The van der Waals surface area contributed by atoms with E-state index in [1.165, 1.54) is 26.0 Å². The summed E-state index contributed by atoms with van der Waals surface area (Å²) in [5.41, 5.74) is 3.56. The van der Waals surface area contributed by atoms with Crippen molar-refractivity contribution < 1.29 is 22.7 Å². The Kier molecular flexibility index (Phi) is 5.45. The van der Waals surface area contributed by atoms with Gasteiger partial charge in [-0.2, -0.15) is 13.2 Å². The molecule has 0 bridgehead atoms. The van der Waals surface area contributed by atoms with Gasteiger partial charge in [0.25, 0.3) is 0 Å². The number of nitrogens with two attached hydrogens (primary N) is 1. The van der Waals surface area contributed by atoms with Crippen LogP contribution in [0.4, 0.5) is 13.2 Å². The van der Waals surface area contributed by atoms with E-state index in [0.29, 0.717) is 0 Å². The van der Waals surface area contributed by atoms with Crippen molar-refractivity contribution in [2.45, 2.75) is 52.1 Å². The average molecular weight is 318 g/mol. The van der Waals surface area contributed by atoms with Crippen LogP contribution in [0.5, 0.6) is 5.75 Å². The summed E-state index contributed by atoms with van der Waals surface area (Å²) in [6.45, 7) is 6.16. The quantitative estimate of drug-likeness (QED) is 0.877. The maximum Gasteiger partial charge on any atom is 0.416 e. The highest BCUT2D eigenvalue weighted by Crippen LogP contribution is 2.34. The minimum absolute atomic E-state index is 0.0405. The highest BCUT2D eigenvalue weighted by atomic mass is 19.4. The molecule has 1 rings (SSSR count). The molecule has 0 aliphatic heterocycles. The number of amides is 1. The molecule has 1 aromatic rings. The standard InChI is InChI=1S/C15H21F3N2O2/c1-9(2)22-11-6-5-10(12(7-11)15(16,17)18)8-20-13(21)14(3,4)19/h5-7,9H,8,19H2,1-4H3,(H,20,21). The van der Waals surface area contributed by atoms with E-state index in [-0.39, 0.29) is 24.0 Å². The molecule has 0 fully saturated rings. The van der Waals surface area contributed by atoms with Gasteiger partial charge in [0.15, 0.2) is 0 Å². The zero-order valence-corrected chi connectivity index (χ0v) is 13.0. The van der Waals surface area contributed by atoms with Crippen LogP contribution >= 0.6 is 0 Å². The van der Waals surface area contributed by atoms with Crippen LogP contribution in [-0.2, 0) is 17.5 Å². The van der Waals surface area contributed by atoms with Gasteiger partial charge in [-0.15, -0.1) is 0 Å². The Hall–Kier alpha value is -1.76. The lowest BCUT2D eigenvalue weighted by Crippen LogP contribution is -2.48. The number of carbonyl (C=O) groups excluding carboxylic acids is 1. The van der Waals surface area contributed by atoms with Crippen LogP contribution in [0.2, 0.25) is 0 Å². The lowest BCUT2D eigenvalue weighted by molar-refractivity contribution is -0.138. The number of hydrogen-bond acceptors (Lipinski definition) is 3. The van der Waals surface area contributed by atoms with E-state index in [0.717, 1.165) is 6.07 Å². The third-order valence-electron chi connectivity index (χ3n) is 2.78. The molecule has 0 aliphatic carbocycles. The van der Waals surface area contributed by atoms with E-state index >= 15 is 0 Å². The molecule has 0 aromatic heterocycles. The average Bonchev–Trinajstić information content (AvgIpc) is 2.33. The highest BCUT2D eigenvalue weighted by molar-refractivity contribution is 5.85. The van der Waals surface area contributed by atoms with E-state index < -0.39 is 23.2 Å². The van der Waals surface area contributed by atoms with E-state index in [1.54, 1.807) is 13.8 Å². The Bertz CT molecular complexity index is 535. The summed E-state index contributed by atoms with van der Waals surface area (Å²) in [7, 11) is 0. The number of carbonyl (C=O) groups is 1. The second kappa shape index (κ2) is 6.56. The first-order valence-electron chi connectivity index (χ1n) is 6.85. The van der Waals surface area contributed by atoms with Gasteiger partial charge in [0.05, 0.1) is 17.2 Å². The third kappa shape index (κ3) is 5.22. The molecule has 0 atom stereocenters. The Morgan fingerprint density at radius 1 is 1.32 bits per heavy atom. The molecule has 1 amide bonds. The van der Waals surface area contributed by atoms with Gasteiger partial charge in [-0.05, 0) is 45.4 Å². The zero-order chi connectivity index (χ0) is 17.1. The first-order valence-corrected chi connectivity index (χ1v) is 6.85. The molecule has 4 nitrogen and oxygen atoms in total. The molecular weight excluding hydrogens is 297 g/mol. The monoisotopic (exact) mass is 318 g/mol. The lowest BCUT2D eigenvalue weighted by atomic mass is 10.0. The van der Waals surface area contributed by atoms with Crippen molar-refractivity contribution in [3.05, 3.63) is 29.3 Å². The summed E-state index contributed by atoms with van der Waals surface area (Å²) in [6.07, 6.45) is -4.76. The minimum Gasteiger partial charge on any atom is -0.491 e. The maximum atomic E-state index is 13.1. The molecule has 1 aromatic carbocycles. The fourth-order valence-electron chi connectivity index (χ4n) is 1.72. The summed E-state index contributed by atoms with van der Waals surface area (Å²) >= 11 is 0. The van der Waals surface area contributed by atoms with Crippen molar-refractivity contribution in [2.75, 3.05) is 0 Å². The second-order valence-electron chi connectivity index (χ2n) is 5.89. The first kappa shape index (κ1) is 18.3. The van der Waals surface area contributed by atoms with Gasteiger partial charge in [-0.1, -0.05) is 6.07 Å². The molecule has 0 radical (unpaired) electrons. The smallest absolute Gasteiger partial charge is 0.416 e. The summed E-state index contributed by atoms with van der Waals surface area (Å²) in [5.74, 6) is -0.389. The SMILES string of the molecule is CC(C)Oc1ccc(CNC(=O)C(C)(C)N)c(C(F)(F)F)c1. The Labute approximate surface area is 127 Å². The van der Waals surface area contributed by atoms with Crippen LogP contribution in [0.3, 0.4) is 0 Å². The van der Waals surface area contributed by atoms with Crippen LogP contribution in [0, 0.1) is 0 Å². The summed E-state index contributed by atoms with van der Waals surface area (Å²) in [4.78, 5) is 11.7.